The fourth-order valence-electron chi connectivity index (χ4n) is 3.16. The number of para-hydroxylation sites is 3. The molecule has 28 heavy (non-hydrogen) atoms. The van der Waals surface area contributed by atoms with Crippen LogP contribution in [-0.4, -0.2) is 33.7 Å². The summed E-state index contributed by atoms with van der Waals surface area (Å²) < 4.78 is 1.94. The number of anilines is 1. The minimum Gasteiger partial charge on any atom is -0.349 e. The number of hydrogen-bond acceptors (Lipinski definition) is 4. The number of carbonyl (C=O) groups excluding carboxylic acids is 2. The van der Waals surface area contributed by atoms with Crippen molar-refractivity contribution in [2.75, 3.05) is 11.6 Å². The second-order valence-electron chi connectivity index (χ2n) is 6.88. The molecule has 0 saturated heterocycles. The number of nitrogens with one attached hydrogen (secondary N) is 2. The van der Waals surface area contributed by atoms with Gasteiger partial charge in [0.1, 0.15) is 12.4 Å². The van der Waals surface area contributed by atoms with E-state index in [1.54, 1.807) is 30.0 Å². The molecule has 1 aromatic heterocycles. The van der Waals surface area contributed by atoms with Gasteiger partial charge in [0.2, 0.25) is 5.91 Å². The van der Waals surface area contributed by atoms with E-state index < -0.39 is 0 Å². The Morgan fingerprint density at radius 2 is 1.89 bits per heavy atom. The Kier molecular flexibility index (Phi) is 5.34. The number of amides is 2. The van der Waals surface area contributed by atoms with Crippen molar-refractivity contribution in [3.8, 4) is 0 Å². The molecule has 6 nitrogen and oxygen atoms in total. The SMILES string of the molecule is CSCc1nc2ccccc2n1CC(=O)Nc1ccccc1C(=O)NC1CC1. The molecule has 1 heterocycles. The zero-order chi connectivity index (χ0) is 19.5. The number of benzene rings is 2. The molecule has 1 aliphatic carbocycles. The average Bonchev–Trinajstić information content (AvgIpc) is 3.44. The quantitative estimate of drug-likeness (QED) is 0.644. The van der Waals surface area contributed by atoms with Gasteiger partial charge in [-0.2, -0.15) is 11.8 Å². The molecule has 4 rings (SSSR count). The van der Waals surface area contributed by atoms with E-state index in [4.69, 9.17) is 0 Å². The van der Waals surface area contributed by atoms with Gasteiger partial charge < -0.3 is 15.2 Å². The van der Waals surface area contributed by atoms with Crippen LogP contribution in [0.2, 0.25) is 0 Å². The zero-order valence-electron chi connectivity index (χ0n) is 15.6. The van der Waals surface area contributed by atoms with Gasteiger partial charge in [-0.05, 0) is 43.4 Å². The van der Waals surface area contributed by atoms with E-state index in [0.29, 0.717) is 11.3 Å². The third kappa shape index (κ3) is 4.04. The largest absolute Gasteiger partial charge is 0.349 e. The summed E-state index contributed by atoms with van der Waals surface area (Å²) >= 11 is 1.67. The molecular weight excluding hydrogens is 372 g/mol. The highest BCUT2D eigenvalue weighted by molar-refractivity contribution is 7.97. The van der Waals surface area contributed by atoms with E-state index in [1.807, 2.05) is 41.2 Å². The molecule has 0 spiro atoms. The molecule has 144 valence electrons. The maximum atomic E-state index is 12.8. The average molecular weight is 395 g/mol. The molecule has 1 saturated carbocycles. The first-order valence-electron chi connectivity index (χ1n) is 9.28. The lowest BCUT2D eigenvalue weighted by molar-refractivity contribution is -0.116. The van der Waals surface area contributed by atoms with Crippen LogP contribution < -0.4 is 10.6 Å². The number of aromatic nitrogens is 2. The maximum Gasteiger partial charge on any atom is 0.253 e. The van der Waals surface area contributed by atoms with Crippen molar-refractivity contribution in [3.63, 3.8) is 0 Å². The maximum absolute atomic E-state index is 12.8. The van der Waals surface area contributed by atoms with Crippen molar-refractivity contribution in [2.45, 2.75) is 31.2 Å². The van der Waals surface area contributed by atoms with Crippen LogP contribution in [0.15, 0.2) is 48.5 Å². The van der Waals surface area contributed by atoms with Crippen molar-refractivity contribution in [3.05, 3.63) is 59.9 Å². The molecule has 0 radical (unpaired) electrons. The van der Waals surface area contributed by atoms with Crippen LogP contribution in [0, 0.1) is 0 Å². The summed E-state index contributed by atoms with van der Waals surface area (Å²) in [5.74, 6) is 1.26. The molecular formula is C21H22N4O2S. The van der Waals surface area contributed by atoms with Gasteiger partial charge in [0.15, 0.2) is 0 Å². The van der Waals surface area contributed by atoms with Crippen molar-refractivity contribution in [1.82, 2.24) is 14.9 Å². The minimum absolute atomic E-state index is 0.144. The minimum atomic E-state index is -0.183. The normalized spacial score (nSPS) is 13.5. The van der Waals surface area contributed by atoms with Crippen molar-refractivity contribution in [1.29, 1.82) is 0 Å². The van der Waals surface area contributed by atoms with Crippen LogP contribution in [-0.2, 0) is 17.1 Å². The molecule has 0 aliphatic heterocycles. The number of rotatable bonds is 7. The second-order valence-corrected chi connectivity index (χ2v) is 7.74. The van der Waals surface area contributed by atoms with E-state index in [1.165, 1.54) is 0 Å². The predicted octanol–water partition coefficient (Wildman–Crippen LogP) is 3.43. The first-order valence-corrected chi connectivity index (χ1v) is 10.7. The number of nitrogens with zero attached hydrogens (tertiary/aromatic N) is 2. The number of hydrogen-bond donors (Lipinski definition) is 2. The van der Waals surface area contributed by atoms with Crippen LogP contribution >= 0.6 is 11.8 Å². The summed E-state index contributed by atoms with van der Waals surface area (Å²) in [4.78, 5) is 29.9. The highest BCUT2D eigenvalue weighted by Crippen LogP contribution is 2.22. The van der Waals surface area contributed by atoms with Crippen molar-refractivity contribution < 1.29 is 9.59 Å². The van der Waals surface area contributed by atoms with E-state index in [0.717, 1.165) is 35.5 Å². The van der Waals surface area contributed by atoms with E-state index in [9.17, 15) is 9.59 Å². The fraction of sp³-hybridized carbons (Fsp3) is 0.286. The lowest BCUT2D eigenvalue weighted by Crippen LogP contribution is -2.27. The molecule has 2 amide bonds. The first-order chi connectivity index (χ1) is 13.7. The Bertz CT molecular complexity index is 1030. The van der Waals surface area contributed by atoms with Gasteiger partial charge in [0.25, 0.3) is 5.91 Å². The van der Waals surface area contributed by atoms with Crippen LogP contribution in [0.4, 0.5) is 5.69 Å². The highest BCUT2D eigenvalue weighted by atomic mass is 32.2. The molecule has 1 aliphatic rings. The Morgan fingerprint density at radius 1 is 1.14 bits per heavy atom. The topological polar surface area (TPSA) is 76.0 Å². The zero-order valence-corrected chi connectivity index (χ0v) is 16.5. The van der Waals surface area contributed by atoms with Gasteiger partial charge >= 0.3 is 0 Å². The third-order valence-electron chi connectivity index (χ3n) is 4.67. The van der Waals surface area contributed by atoms with Gasteiger partial charge in [-0.15, -0.1) is 0 Å². The molecule has 3 aromatic rings. The Labute approximate surface area is 167 Å². The van der Waals surface area contributed by atoms with Crippen LogP contribution in [0.1, 0.15) is 29.0 Å². The molecule has 0 bridgehead atoms. The van der Waals surface area contributed by atoms with Crippen molar-refractivity contribution >= 4 is 40.3 Å². The van der Waals surface area contributed by atoms with E-state index in [-0.39, 0.29) is 24.4 Å². The lowest BCUT2D eigenvalue weighted by atomic mass is 10.1. The van der Waals surface area contributed by atoms with E-state index in [2.05, 4.69) is 15.6 Å². The van der Waals surface area contributed by atoms with Crippen LogP contribution in [0.25, 0.3) is 11.0 Å². The molecule has 7 heteroatoms. The summed E-state index contributed by atoms with van der Waals surface area (Å²) in [7, 11) is 0. The Hall–Kier alpha value is -2.80. The van der Waals surface area contributed by atoms with Gasteiger partial charge in [-0.3, -0.25) is 9.59 Å². The van der Waals surface area contributed by atoms with Gasteiger partial charge in [0.05, 0.1) is 28.0 Å². The number of imidazole rings is 1. The summed E-state index contributed by atoms with van der Waals surface area (Å²) in [6.07, 6.45) is 4.05. The highest BCUT2D eigenvalue weighted by Gasteiger charge is 2.25. The van der Waals surface area contributed by atoms with Gasteiger partial charge in [-0.1, -0.05) is 24.3 Å². The third-order valence-corrected chi connectivity index (χ3v) is 5.21. The smallest absolute Gasteiger partial charge is 0.253 e. The molecule has 2 N–H and O–H groups in total. The standard InChI is InChI=1S/C21H22N4O2S/c1-28-13-19-23-17-8-4-5-9-18(17)25(19)12-20(26)24-16-7-3-2-6-15(16)21(27)22-14-10-11-14/h2-9,14H,10-13H2,1H3,(H,22,27)(H,24,26). The molecule has 2 aromatic carbocycles. The summed E-state index contributed by atoms with van der Waals surface area (Å²) in [6, 6.07) is 15.2. The molecule has 1 fully saturated rings. The number of carbonyl (C=O) groups is 2. The molecule has 0 atom stereocenters. The monoisotopic (exact) mass is 394 g/mol. The van der Waals surface area contributed by atoms with Crippen LogP contribution in [0.5, 0.6) is 0 Å². The van der Waals surface area contributed by atoms with Crippen molar-refractivity contribution in [2.24, 2.45) is 0 Å². The number of fused-ring (bicyclic) bond motifs is 1. The number of thioether (sulfide) groups is 1. The second kappa shape index (κ2) is 8.06. The first kappa shape index (κ1) is 18.6. The predicted molar refractivity (Wildman–Crippen MR) is 113 cm³/mol. The van der Waals surface area contributed by atoms with Gasteiger partial charge in [-0.25, -0.2) is 4.98 Å². The summed E-state index contributed by atoms with van der Waals surface area (Å²) in [6.45, 7) is 0.148. The summed E-state index contributed by atoms with van der Waals surface area (Å²) in [5, 5.41) is 5.87. The van der Waals surface area contributed by atoms with E-state index >= 15 is 0 Å². The Morgan fingerprint density at radius 3 is 2.68 bits per heavy atom. The fourth-order valence-corrected chi connectivity index (χ4v) is 3.63. The summed E-state index contributed by atoms with van der Waals surface area (Å²) in [5.41, 5.74) is 2.83. The van der Waals surface area contributed by atoms with Crippen LogP contribution in [0.3, 0.4) is 0 Å². The Balaban J connectivity index is 1.55. The van der Waals surface area contributed by atoms with Gasteiger partial charge in [0, 0.05) is 6.04 Å². The lowest BCUT2D eigenvalue weighted by Gasteiger charge is -2.13. The molecule has 0 unspecified atom stereocenters.